The van der Waals surface area contributed by atoms with Crippen LogP contribution in [0, 0.1) is 6.92 Å². The van der Waals surface area contributed by atoms with Crippen molar-refractivity contribution < 1.29 is 13.2 Å². The van der Waals surface area contributed by atoms with Gasteiger partial charge in [0.25, 0.3) is 5.91 Å². The molecule has 17 heavy (non-hydrogen) atoms. The SMILES string of the molecule is Cc1cccc(C(=O)N[C@@H]2CCS(=O)(=O)C2)n1. The lowest BCUT2D eigenvalue weighted by molar-refractivity contribution is 0.0936. The van der Waals surface area contributed by atoms with Gasteiger partial charge in [-0.1, -0.05) is 6.07 Å². The highest BCUT2D eigenvalue weighted by Crippen LogP contribution is 2.11. The lowest BCUT2D eigenvalue weighted by Gasteiger charge is -2.10. The van der Waals surface area contributed by atoms with Crippen LogP contribution in [0.4, 0.5) is 0 Å². The summed E-state index contributed by atoms with van der Waals surface area (Å²) in [5.41, 5.74) is 1.09. The van der Waals surface area contributed by atoms with Crippen LogP contribution in [-0.2, 0) is 9.84 Å². The van der Waals surface area contributed by atoms with E-state index >= 15 is 0 Å². The minimum atomic E-state index is -2.97. The Morgan fingerprint density at radius 3 is 2.82 bits per heavy atom. The summed E-state index contributed by atoms with van der Waals surface area (Å²) >= 11 is 0. The van der Waals surface area contributed by atoms with E-state index in [4.69, 9.17) is 0 Å². The van der Waals surface area contributed by atoms with E-state index in [1.165, 1.54) is 0 Å². The van der Waals surface area contributed by atoms with Crippen molar-refractivity contribution in [2.45, 2.75) is 19.4 Å². The number of nitrogens with zero attached hydrogens (tertiary/aromatic N) is 1. The number of hydrogen-bond acceptors (Lipinski definition) is 4. The third-order valence-electron chi connectivity index (χ3n) is 2.69. The average Bonchev–Trinajstić information content (AvgIpc) is 2.58. The normalized spacial score (nSPS) is 22.3. The van der Waals surface area contributed by atoms with Crippen molar-refractivity contribution in [3.8, 4) is 0 Å². The van der Waals surface area contributed by atoms with E-state index in [-0.39, 0.29) is 23.5 Å². The summed E-state index contributed by atoms with van der Waals surface area (Å²) in [6.07, 6.45) is 0.486. The first-order valence-corrected chi connectivity index (χ1v) is 7.23. The number of sulfone groups is 1. The molecule has 0 radical (unpaired) electrons. The molecule has 1 N–H and O–H groups in total. The monoisotopic (exact) mass is 254 g/mol. The van der Waals surface area contributed by atoms with Crippen molar-refractivity contribution in [1.82, 2.24) is 10.3 Å². The zero-order chi connectivity index (χ0) is 12.5. The fourth-order valence-corrected chi connectivity index (χ4v) is 3.51. The molecule has 2 heterocycles. The van der Waals surface area contributed by atoms with Gasteiger partial charge in [-0.25, -0.2) is 13.4 Å². The predicted octanol–water partition coefficient (Wildman–Crippen LogP) is 0.307. The Labute approximate surface area is 100 Å². The molecular formula is C11H14N2O3S. The summed E-state index contributed by atoms with van der Waals surface area (Å²) in [6, 6.07) is 4.89. The highest BCUT2D eigenvalue weighted by atomic mass is 32.2. The van der Waals surface area contributed by atoms with Crippen LogP contribution in [0.25, 0.3) is 0 Å². The number of aryl methyl sites for hydroxylation is 1. The zero-order valence-corrected chi connectivity index (χ0v) is 10.3. The maximum atomic E-state index is 11.8. The Morgan fingerprint density at radius 1 is 1.47 bits per heavy atom. The van der Waals surface area contributed by atoms with Gasteiger partial charge in [0.05, 0.1) is 11.5 Å². The van der Waals surface area contributed by atoms with Crippen molar-refractivity contribution >= 4 is 15.7 Å². The van der Waals surface area contributed by atoms with Gasteiger partial charge in [-0.05, 0) is 25.5 Å². The third-order valence-corrected chi connectivity index (χ3v) is 4.46. The van der Waals surface area contributed by atoms with E-state index in [1.54, 1.807) is 25.1 Å². The molecule has 1 fully saturated rings. The lowest BCUT2D eigenvalue weighted by Crippen LogP contribution is -2.36. The smallest absolute Gasteiger partial charge is 0.270 e. The van der Waals surface area contributed by atoms with Gasteiger partial charge < -0.3 is 5.32 Å². The molecule has 0 spiro atoms. The van der Waals surface area contributed by atoms with Crippen LogP contribution >= 0.6 is 0 Å². The maximum Gasteiger partial charge on any atom is 0.270 e. The van der Waals surface area contributed by atoms with Gasteiger partial charge >= 0.3 is 0 Å². The van der Waals surface area contributed by atoms with E-state index in [2.05, 4.69) is 10.3 Å². The summed E-state index contributed by atoms with van der Waals surface area (Å²) in [5, 5.41) is 2.70. The van der Waals surface area contributed by atoms with Gasteiger partial charge in [-0.15, -0.1) is 0 Å². The quantitative estimate of drug-likeness (QED) is 0.824. The Balaban J connectivity index is 2.03. The lowest BCUT2D eigenvalue weighted by atomic mass is 10.2. The molecule has 2 rings (SSSR count). The summed E-state index contributed by atoms with van der Waals surface area (Å²) in [4.78, 5) is 15.9. The topological polar surface area (TPSA) is 76.1 Å². The molecule has 0 saturated carbocycles. The molecule has 1 aliphatic rings. The molecular weight excluding hydrogens is 240 g/mol. The first kappa shape index (κ1) is 12.0. The maximum absolute atomic E-state index is 11.8. The van der Waals surface area contributed by atoms with E-state index in [9.17, 15) is 13.2 Å². The fraction of sp³-hybridized carbons (Fsp3) is 0.455. The van der Waals surface area contributed by atoms with Crippen molar-refractivity contribution in [3.05, 3.63) is 29.6 Å². The Kier molecular flexibility index (Phi) is 3.15. The molecule has 1 amide bonds. The summed E-state index contributed by atoms with van der Waals surface area (Å²) in [6.45, 7) is 1.80. The summed E-state index contributed by atoms with van der Waals surface area (Å²) in [5.74, 6) is -0.125. The van der Waals surface area contributed by atoms with E-state index in [0.29, 0.717) is 12.1 Å². The molecule has 1 aromatic rings. The van der Waals surface area contributed by atoms with Crippen LogP contribution in [0.5, 0.6) is 0 Å². The van der Waals surface area contributed by atoms with Gasteiger partial charge in [0.2, 0.25) is 0 Å². The van der Waals surface area contributed by atoms with Gasteiger partial charge in [0.15, 0.2) is 9.84 Å². The largest absolute Gasteiger partial charge is 0.347 e. The number of carbonyl (C=O) groups excluding carboxylic acids is 1. The number of aromatic nitrogens is 1. The second kappa shape index (κ2) is 4.44. The third kappa shape index (κ3) is 3.03. The van der Waals surface area contributed by atoms with Gasteiger partial charge in [-0.2, -0.15) is 0 Å². The van der Waals surface area contributed by atoms with Crippen LogP contribution in [0.2, 0.25) is 0 Å². The highest BCUT2D eigenvalue weighted by molar-refractivity contribution is 7.91. The second-order valence-corrected chi connectivity index (χ2v) is 6.47. The minimum Gasteiger partial charge on any atom is -0.347 e. The van der Waals surface area contributed by atoms with Gasteiger partial charge in [-0.3, -0.25) is 4.79 Å². The number of hydrogen-bond donors (Lipinski definition) is 1. The van der Waals surface area contributed by atoms with Crippen LogP contribution in [0.15, 0.2) is 18.2 Å². The van der Waals surface area contributed by atoms with Crippen molar-refractivity contribution in [3.63, 3.8) is 0 Å². The van der Waals surface area contributed by atoms with E-state index in [1.807, 2.05) is 0 Å². The zero-order valence-electron chi connectivity index (χ0n) is 9.51. The predicted molar refractivity (Wildman–Crippen MR) is 63.5 cm³/mol. The number of carbonyl (C=O) groups is 1. The first-order chi connectivity index (χ1) is 7.96. The molecule has 6 heteroatoms. The number of amides is 1. The number of pyridine rings is 1. The average molecular weight is 254 g/mol. The molecule has 0 bridgehead atoms. The van der Waals surface area contributed by atoms with Crippen LogP contribution < -0.4 is 5.32 Å². The van der Waals surface area contributed by atoms with Crippen molar-refractivity contribution in [2.75, 3.05) is 11.5 Å². The van der Waals surface area contributed by atoms with Gasteiger partial charge in [0.1, 0.15) is 5.69 Å². The van der Waals surface area contributed by atoms with Crippen molar-refractivity contribution in [1.29, 1.82) is 0 Å². The highest BCUT2D eigenvalue weighted by Gasteiger charge is 2.29. The Bertz CT molecular complexity index is 539. The number of nitrogens with one attached hydrogen (secondary N) is 1. The minimum absolute atomic E-state index is 0.0323. The molecule has 0 aromatic carbocycles. The molecule has 1 atom stereocenters. The van der Waals surface area contributed by atoms with Gasteiger partial charge in [0, 0.05) is 11.7 Å². The van der Waals surface area contributed by atoms with E-state index < -0.39 is 9.84 Å². The second-order valence-electron chi connectivity index (χ2n) is 4.24. The van der Waals surface area contributed by atoms with Crippen LogP contribution in [0.1, 0.15) is 22.6 Å². The summed E-state index contributed by atoms with van der Waals surface area (Å²) < 4.78 is 22.5. The molecule has 92 valence electrons. The molecule has 1 aromatic heterocycles. The summed E-state index contributed by atoms with van der Waals surface area (Å²) in [7, 11) is -2.97. The van der Waals surface area contributed by atoms with Crippen LogP contribution in [0.3, 0.4) is 0 Å². The molecule has 0 unspecified atom stereocenters. The molecule has 5 nitrogen and oxygen atoms in total. The standard InChI is InChI=1S/C11H14N2O3S/c1-8-3-2-4-10(12-8)11(14)13-9-5-6-17(15,16)7-9/h2-4,9H,5-7H2,1H3,(H,13,14)/t9-/m1/s1. The van der Waals surface area contributed by atoms with Crippen molar-refractivity contribution in [2.24, 2.45) is 0 Å². The Hall–Kier alpha value is -1.43. The fourth-order valence-electron chi connectivity index (χ4n) is 1.84. The Morgan fingerprint density at radius 2 is 2.24 bits per heavy atom. The molecule has 1 saturated heterocycles. The number of rotatable bonds is 2. The molecule has 1 aliphatic heterocycles. The van der Waals surface area contributed by atoms with Crippen LogP contribution in [-0.4, -0.2) is 36.9 Å². The first-order valence-electron chi connectivity index (χ1n) is 5.41. The van der Waals surface area contributed by atoms with E-state index in [0.717, 1.165) is 5.69 Å². The molecule has 0 aliphatic carbocycles.